The molecule has 1 aliphatic carbocycles. The Kier molecular flexibility index (Phi) is 4.13. The van der Waals surface area contributed by atoms with E-state index in [1.807, 2.05) is 12.1 Å². The second-order valence-electron chi connectivity index (χ2n) is 4.97. The van der Waals surface area contributed by atoms with E-state index in [0.29, 0.717) is 12.0 Å². The average Bonchev–Trinajstić information content (AvgIpc) is 2.77. The highest BCUT2D eigenvalue weighted by Crippen LogP contribution is 2.27. The van der Waals surface area contributed by atoms with Crippen LogP contribution in [0.2, 0.25) is 0 Å². The summed E-state index contributed by atoms with van der Waals surface area (Å²) in [5, 5.41) is 3.61. The summed E-state index contributed by atoms with van der Waals surface area (Å²) < 4.78 is 12.8. The second-order valence-corrected chi connectivity index (χ2v) is 4.97. The lowest BCUT2D eigenvalue weighted by molar-refractivity contribution is 0.373. The number of nitrogens with one attached hydrogen (secondary N) is 1. The number of hydrogen-bond acceptors (Lipinski definition) is 2. The molecule has 0 aliphatic heterocycles. The van der Waals surface area contributed by atoms with Gasteiger partial charge in [-0.1, -0.05) is 18.6 Å². The van der Waals surface area contributed by atoms with E-state index in [2.05, 4.69) is 12.2 Å². The predicted octanol–water partition coefficient (Wildman–Crippen LogP) is 2.60. The van der Waals surface area contributed by atoms with Gasteiger partial charge < -0.3 is 11.1 Å². The van der Waals surface area contributed by atoms with E-state index in [1.54, 1.807) is 0 Å². The van der Waals surface area contributed by atoms with Crippen molar-refractivity contribution in [2.24, 2.45) is 11.7 Å². The third kappa shape index (κ3) is 3.05. The van der Waals surface area contributed by atoms with Gasteiger partial charge in [0.1, 0.15) is 5.82 Å². The Morgan fingerprint density at radius 3 is 2.71 bits per heavy atom. The van der Waals surface area contributed by atoms with Crippen molar-refractivity contribution in [2.75, 3.05) is 6.54 Å². The summed E-state index contributed by atoms with van der Waals surface area (Å²) in [5.41, 5.74) is 6.90. The first-order valence-corrected chi connectivity index (χ1v) is 6.42. The second kappa shape index (κ2) is 5.61. The van der Waals surface area contributed by atoms with Gasteiger partial charge in [0.2, 0.25) is 0 Å². The van der Waals surface area contributed by atoms with Crippen molar-refractivity contribution in [3.8, 4) is 0 Å². The van der Waals surface area contributed by atoms with Gasteiger partial charge in [0.25, 0.3) is 0 Å². The van der Waals surface area contributed by atoms with Crippen molar-refractivity contribution < 1.29 is 4.39 Å². The van der Waals surface area contributed by atoms with Gasteiger partial charge in [0.15, 0.2) is 0 Å². The minimum atomic E-state index is -0.179. The molecule has 1 fully saturated rings. The first-order chi connectivity index (χ1) is 8.20. The first kappa shape index (κ1) is 12.5. The minimum absolute atomic E-state index is 0.179. The van der Waals surface area contributed by atoms with Crippen LogP contribution in [0.15, 0.2) is 24.3 Å². The van der Waals surface area contributed by atoms with Crippen LogP contribution in [0.3, 0.4) is 0 Å². The van der Waals surface area contributed by atoms with E-state index in [9.17, 15) is 4.39 Å². The fraction of sp³-hybridized carbons (Fsp3) is 0.571. The summed E-state index contributed by atoms with van der Waals surface area (Å²) in [6.07, 6.45) is 3.69. The molecule has 2 unspecified atom stereocenters. The van der Waals surface area contributed by atoms with Crippen molar-refractivity contribution in [3.05, 3.63) is 35.6 Å². The van der Waals surface area contributed by atoms with E-state index >= 15 is 0 Å². The van der Waals surface area contributed by atoms with E-state index in [0.717, 1.165) is 12.1 Å². The zero-order chi connectivity index (χ0) is 12.3. The molecule has 0 amide bonds. The zero-order valence-corrected chi connectivity index (χ0v) is 10.3. The van der Waals surface area contributed by atoms with Crippen LogP contribution >= 0.6 is 0 Å². The molecule has 2 nitrogen and oxygen atoms in total. The van der Waals surface area contributed by atoms with Crippen LogP contribution in [0.25, 0.3) is 0 Å². The summed E-state index contributed by atoms with van der Waals surface area (Å²) in [5.74, 6) is 0.416. The Hall–Kier alpha value is -0.930. The van der Waals surface area contributed by atoms with Crippen LogP contribution in [-0.4, -0.2) is 12.6 Å². The van der Waals surface area contributed by atoms with Crippen molar-refractivity contribution in [1.82, 2.24) is 5.32 Å². The Balaban J connectivity index is 1.96. The third-order valence-corrected chi connectivity index (χ3v) is 3.80. The van der Waals surface area contributed by atoms with Gasteiger partial charge >= 0.3 is 0 Å². The number of nitrogens with two attached hydrogens (primary N) is 1. The van der Waals surface area contributed by atoms with Crippen molar-refractivity contribution >= 4 is 0 Å². The molecule has 17 heavy (non-hydrogen) atoms. The number of halogens is 1. The summed E-state index contributed by atoms with van der Waals surface area (Å²) in [6, 6.07) is 7.50. The fourth-order valence-corrected chi connectivity index (χ4v) is 2.71. The summed E-state index contributed by atoms with van der Waals surface area (Å²) in [4.78, 5) is 0. The molecule has 0 spiro atoms. The quantitative estimate of drug-likeness (QED) is 0.843. The van der Waals surface area contributed by atoms with Gasteiger partial charge in [-0.2, -0.15) is 0 Å². The maximum Gasteiger partial charge on any atom is 0.123 e. The molecule has 0 aromatic heterocycles. The van der Waals surface area contributed by atoms with Crippen LogP contribution in [0.1, 0.15) is 37.8 Å². The highest BCUT2D eigenvalue weighted by atomic mass is 19.1. The van der Waals surface area contributed by atoms with E-state index in [1.165, 1.54) is 31.4 Å². The topological polar surface area (TPSA) is 38.0 Å². The molecule has 0 heterocycles. The fourth-order valence-electron chi connectivity index (χ4n) is 2.71. The maximum absolute atomic E-state index is 12.8. The number of rotatable bonds is 4. The van der Waals surface area contributed by atoms with Gasteiger partial charge in [-0.05, 0) is 49.9 Å². The lowest BCUT2D eigenvalue weighted by Gasteiger charge is -2.24. The van der Waals surface area contributed by atoms with Gasteiger partial charge in [-0.3, -0.25) is 0 Å². The van der Waals surface area contributed by atoms with Gasteiger partial charge in [0.05, 0.1) is 0 Å². The smallest absolute Gasteiger partial charge is 0.123 e. The molecule has 2 rings (SSSR count). The predicted molar refractivity (Wildman–Crippen MR) is 68.1 cm³/mol. The molecule has 1 aliphatic rings. The maximum atomic E-state index is 12.8. The number of benzene rings is 1. The molecule has 3 N–H and O–H groups in total. The molecule has 0 radical (unpaired) electrons. The standard InChI is InChI=1S/C14H21FN2/c1-10(11-5-7-13(15)8-6-11)17-14-4-2-3-12(14)9-16/h5-8,10,12,14,17H,2-4,9,16H2,1H3/t10-,12?,14?/m0/s1. The lowest BCUT2D eigenvalue weighted by Crippen LogP contribution is -2.37. The van der Waals surface area contributed by atoms with Gasteiger partial charge in [-0.25, -0.2) is 4.39 Å². The third-order valence-electron chi connectivity index (χ3n) is 3.80. The molecule has 94 valence electrons. The van der Waals surface area contributed by atoms with Crippen LogP contribution in [0, 0.1) is 11.7 Å². The molecule has 0 saturated heterocycles. The first-order valence-electron chi connectivity index (χ1n) is 6.42. The Morgan fingerprint density at radius 1 is 1.35 bits per heavy atom. The molecule has 1 aromatic rings. The molecule has 3 atom stereocenters. The van der Waals surface area contributed by atoms with Crippen molar-refractivity contribution in [3.63, 3.8) is 0 Å². The Labute approximate surface area is 102 Å². The number of hydrogen-bond donors (Lipinski definition) is 2. The molecular weight excluding hydrogens is 215 g/mol. The summed E-state index contributed by atoms with van der Waals surface area (Å²) in [7, 11) is 0. The van der Waals surface area contributed by atoms with E-state index in [-0.39, 0.29) is 11.9 Å². The van der Waals surface area contributed by atoms with Crippen LogP contribution in [-0.2, 0) is 0 Å². The zero-order valence-electron chi connectivity index (χ0n) is 10.3. The van der Waals surface area contributed by atoms with E-state index < -0.39 is 0 Å². The van der Waals surface area contributed by atoms with Crippen molar-refractivity contribution in [2.45, 2.75) is 38.3 Å². The Bertz CT molecular complexity index is 350. The molecule has 1 aromatic carbocycles. The largest absolute Gasteiger partial charge is 0.330 e. The molecule has 0 bridgehead atoms. The summed E-state index contributed by atoms with van der Waals surface area (Å²) in [6.45, 7) is 2.88. The molecule has 1 saturated carbocycles. The SMILES string of the molecule is C[C@H](NC1CCCC1CN)c1ccc(F)cc1. The van der Waals surface area contributed by atoms with Crippen molar-refractivity contribution in [1.29, 1.82) is 0 Å². The highest BCUT2D eigenvalue weighted by Gasteiger charge is 2.27. The van der Waals surface area contributed by atoms with Crippen LogP contribution in [0.5, 0.6) is 0 Å². The van der Waals surface area contributed by atoms with Crippen LogP contribution < -0.4 is 11.1 Å². The molecular formula is C14H21FN2. The highest BCUT2D eigenvalue weighted by molar-refractivity contribution is 5.19. The van der Waals surface area contributed by atoms with Crippen LogP contribution in [0.4, 0.5) is 4.39 Å². The average molecular weight is 236 g/mol. The summed E-state index contributed by atoms with van der Waals surface area (Å²) >= 11 is 0. The Morgan fingerprint density at radius 2 is 2.06 bits per heavy atom. The lowest BCUT2D eigenvalue weighted by atomic mass is 10.0. The normalized spacial score (nSPS) is 26.1. The monoisotopic (exact) mass is 236 g/mol. The van der Waals surface area contributed by atoms with Gasteiger partial charge in [0, 0.05) is 12.1 Å². The minimum Gasteiger partial charge on any atom is -0.330 e. The van der Waals surface area contributed by atoms with E-state index in [4.69, 9.17) is 5.73 Å². The van der Waals surface area contributed by atoms with Gasteiger partial charge in [-0.15, -0.1) is 0 Å². The molecule has 3 heteroatoms.